The number of phenols is 1. The Hall–Kier alpha value is -4.48. The maximum atomic E-state index is 14.1. The van der Waals surface area contributed by atoms with Crippen molar-refractivity contribution < 1.29 is 39.6 Å². The first kappa shape index (κ1) is 29.0. The summed E-state index contributed by atoms with van der Waals surface area (Å²) in [6.07, 6.45) is 0.0597. The van der Waals surface area contributed by atoms with Gasteiger partial charge in [-0.25, -0.2) is 0 Å². The van der Waals surface area contributed by atoms with E-state index in [1.165, 1.54) is 15.9 Å². The van der Waals surface area contributed by atoms with Crippen molar-refractivity contribution in [1.29, 1.82) is 0 Å². The molecule has 0 radical (unpaired) electrons. The maximum absolute atomic E-state index is 14.1. The minimum atomic E-state index is -2.72. The van der Waals surface area contributed by atoms with E-state index in [1.807, 2.05) is 0 Å². The smallest absolute Gasteiger partial charge is 0.255 e. The predicted molar refractivity (Wildman–Crippen MR) is 152 cm³/mol. The lowest BCUT2D eigenvalue weighted by molar-refractivity contribution is -0.150. The van der Waals surface area contributed by atoms with E-state index in [9.17, 15) is 39.6 Å². The summed E-state index contributed by atoms with van der Waals surface area (Å²) >= 11 is 0. The van der Waals surface area contributed by atoms with E-state index < -0.39 is 57.5 Å². The van der Waals surface area contributed by atoms with Crippen LogP contribution in [0.1, 0.15) is 39.6 Å². The third-order valence-electron chi connectivity index (χ3n) is 8.84. The molecule has 6 N–H and O–H groups in total. The van der Waals surface area contributed by atoms with Crippen LogP contribution in [0.15, 0.2) is 59.1 Å². The average Bonchev–Trinajstić information content (AvgIpc) is 2.90. The highest BCUT2D eigenvalue weighted by Gasteiger charge is 2.65. The second kappa shape index (κ2) is 9.53. The van der Waals surface area contributed by atoms with Gasteiger partial charge in [0.2, 0.25) is 5.78 Å². The van der Waals surface area contributed by atoms with Crippen LogP contribution in [-0.2, 0) is 16.0 Å². The first-order valence-corrected chi connectivity index (χ1v) is 13.4. The molecule has 0 bridgehead atoms. The third kappa shape index (κ3) is 3.87. The van der Waals surface area contributed by atoms with Gasteiger partial charge in [0.25, 0.3) is 11.8 Å². The van der Waals surface area contributed by atoms with Crippen molar-refractivity contribution >= 4 is 23.4 Å². The highest BCUT2D eigenvalue weighted by molar-refractivity contribution is 6.25. The van der Waals surface area contributed by atoms with Crippen LogP contribution in [0.4, 0.5) is 0 Å². The lowest BCUT2D eigenvalue weighted by atomic mass is 9.53. The number of Topliss-reactive ketones (excluding diaryl/α,β-unsaturated/α-hetero) is 2. The number of carbonyl (C=O) groups is 4. The Balaban J connectivity index is 1.74. The fourth-order valence-electron chi connectivity index (χ4n) is 6.97. The van der Waals surface area contributed by atoms with Gasteiger partial charge in [-0.15, -0.1) is 0 Å². The molecule has 0 aromatic heterocycles. The van der Waals surface area contributed by atoms with Gasteiger partial charge in [0, 0.05) is 36.6 Å². The number of primary amides is 1. The summed E-state index contributed by atoms with van der Waals surface area (Å²) < 4.78 is 0. The van der Waals surface area contributed by atoms with Gasteiger partial charge in [0.1, 0.15) is 22.8 Å². The van der Waals surface area contributed by atoms with Gasteiger partial charge in [-0.1, -0.05) is 25.1 Å². The van der Waals surface area contributed by atoms with Crippen molar-refractivity contribution in [2.24, 2.45) is 17.1 Å². The van der Waals surface area contributed by atoms with Gasteiger partial charge in [-0.3, -0.25) is 24.1 Å². The molecule has 3 aliphatic carbocycles. The molecule has 11 heteroatoms. The van der Waals surface area contributed by atoms with Crippen LogP contribution in [0.25, 0.3) is 11.1 Å². The maximum Gasteiger partial charge on any atom is 0.255 e. The number of aliphatic hydroxyl groups is 3. The van der Waals surface area contributed by atoms with E-state index in [4.69, 9.17) is 5.73 Å². The average molecular weight is 576 g/mol. The minimum Gasteiger partial charge on any atom is -0.510 e. The SMILES string of the molecule is CN(C)C(=O)c1cccc(-c2ccc(O)c3c2C[C@@]2(C)C[C@H]4[C@H](N(C)C)C(O)=C(C(N)=O)C(=O)[C@@]4(O)C(O)=C2C3=O)c1. The summed E-state index contributed by atoms with van der Waals surface area (Å²) in [5, 5.41) is 45.3. The number of phenolic OH excluding ortho intramolecular Hbond substituents is 1. The van der Waals surface area contributed by atoms with Crippen LogP contribution in [0.2, 0.25) is 0 Å². The number of hydrogen-bond acceptors (Lipinski definition) is 9. The van der Waals surface area contributed by atoms with Gasteiger partial charge >= 0.3 is 0 Å². The lowest BCUT2D eigenvalue weighted by Gasteiger charge is -2.53. The molecule has 4 atom stereocenters. The first-order valence-electron chi connectivity index (χ1n) is 13.4. The van der Waals surface area contributed by atoms with E-state index in [2.05, 4.69) is 0 Å². The zero-order chi connectivity index (χ0) is 31.0. The number of aliphatic hydroxyl groups excluding tert-OH is 2. The molecule has 3 aliphatic rings. The van der Waals surface area contributed by atoms with Crippen LogP contribution in [0.5, 0.6) is 5.75 Å². The molecule has 0 aliphatic heterocycles. The van der Waals surface area contributed by atoms with E-state index in [0.29, 0.717) is 22.3 Å². The van der Waals surface area contributed by atoms with Crippen LogP contribution in [0.3, 0.4) is 0 Å². The standard InChI is InChI=1S/C31H33N3O8/c1-30-12-17-16(14-7-6-8-15(11-14)29(41)34(4)5)9-10-19(35)20(17)24(36)22(30)27(39)31(42)18(13-30)23(33(2)3)25(37)21(26(31)38)28(32)40/h6-11,18,23,35,37,39,42H,12-13H2,1-5H3,(H2,32,40)/t18-,23-,30-,31+/m0/s1. The fourth-order valence-corrected chi connectivity index (χ4v) is 6.97. The van der Waals surface area contributed by atoms with Crippen molar-refractivity contribution in [3.63, 3.8) is 0 Å². The zero-order valence-electron chi connectivity index (χ0n) is 23.9. The summed E-state index contributed by atoms with van der Waals surface area (Å²) in [6.45, 7) is 1.71. The van der Waals surface area contributed by atoms with Crippen molar-refractivity contribution in [2.75, 3.05) is 28.2 Å². The fraction of sp³-hybridized carbons (Fsp3) is 0.355. The van der Waals surface area contributed by atoms with E-state index >= 15 is 0 Å². The number of amides is 2. The minimum absolute atomic E-state index is 0.0486. The summed E-state index contributed by atoms with van der Waals surface area (Å²) in [6, 6.07) is 8.77. The molecule has 2 aromatic carbocycles. The summed E-state index contributed by atoms with van der Waals surface area (Å²) in [4.78, 5) is 55.4. The van der Waals surface area contributed by atoms with Crippen LogP contribution in [-0.4, -0.2) is 93.4 Å². The molecule has 0 heterocycles. The number of hydrogen-bond donors (Lipinski definition) is 5. The Bertz CT molecular complexity index is 1660. The highest BCUT2D eigenvalue weighted by Crippen LogP contribution is 2.58. The first-order chi connectivity index (χ1) is 19.6. The predicted octanol–water partition coefficient (Wildman–Crippen LogP) is 1.88. The monoisotopic (exact) mass is 575 g/mol. The van der Waals surface area contributed by atoms with Crippen LogP contribution in [0, 0.1) is 11.3 Å². The molecule has 0 fully saturated rings. The second-order valence-electron chi connectivity index (χ2n) is 12.0. The van der Waals surface area contributed by atoms with Gasteiger partial charge in [0.05, 0.1) is 11.6 Å². The Kier molecular flexibility index (Phi) is 6.59. The molecule has 2 amide bonds. The third-order valence-corrected chi connectivity index (χ3v) is 8.84. The topological polar surface area (TPSA) is 182 Å². The quantitative estimate of drug-likeness (QED) is 0.340. The van der Waals surface area contributed by atoms with Crippen LogP contribution < -0.4 is 5.73 Å². The summed E-state index contributed by atoms with van der Waals surface area (Å²) in [5.41, 5.74) is 2.43. The number of nitrogens with two attached hydrogens (primary N) is 1. The number of aromatic hydroxyl groups is 1. The number of rotatable bonds is 4. The Morgan fingerprint density at radius 3 is 2.29 bits per heavy atom. The van der Waals surface area contributed by atoms with E-state index in [1.54, 1.807) is 65.4 Å². The number of ketones is 2. The number of carbonyl (C=O) groups excluding carboxylic acids is 4. The molecule has 42 heavy (non-hydrogen) atoms. The summed E-state index contributed by atoms with van der Waals surface area (Å²) in [5.74, 6) is -6.62. The van der Waals surface area contributed by atoms with Gasteiger partial charge in [0.15, 0.2) is 11.4 Å². The molecular formula is C31H33N3O8. The van der Waals surface area contributed by atoms with Crippen molar-refractivity contribution in [1.82, 2.24) is 9.80 Å². The van der Waals surface area contributed by atoms with Crippen molar-refractivity contribution in [3.05, 3.63) is 75.8 Å². The molecule has 0 unspecified atom stereocenters. The van der Waals surface area contributed by atoms with E-state index in [-0.39, 0.29) is 35.6 Å². The van der Waals surface area contributed by atoms with Crippen LogP contribution >= 0.6 is 0 Å². The van der Waals surface area contributed by atoms with Gasteiger partial charge in [-0.05, 0) is 61.8 Å². The molecule has 0 saturated heterocycles. The number of benzene rings is 2. The normalized spacial score (nSPS) is 27.0. The largest absolute Gasteiger partial charge is 0.510 e. The molecule has 5 rings (SSSR count). The highest BCUT2D eigenvalue weighted by atomic mass is 16.3. The summed E-state index contributed by atoms with van der Waals surface area (Å²) in [7, 11) is 6.43. The van der Waals surface area contributed by atoms with Crippen molar-refractivity contribution in [3.8, 4) is 16.9 Å². The Labute approximate surface area is 242 Å². The lowest BCUT2D eigenvalue weighted by Crippen LogP contribution is -2.65. The Morgan fingerprint density at radius 1 is 1.02 bits per heavy atom. The zero-order valence-corrected chi connectivity index (χ0v) is 23.9. The number of allylic oxidation sites excluding steroid dienone is 1. The van der Waals surface area contributed by atoms with Crippen molar-refractivity contribution in [2.45, 2.75) is 31.4 Å². The molecule has 11 nitrogen and oxygen atoms in total. The van der Waals surface area contributed by atoms with Gasteiger partial charge < -0.3 is 31.1 Å². The molecule has 2 aromatic rings. The Morgan fingerprint density at radius 2 is 1.69 bits per heavy atom. The molecule has 220 valence electrons. The number of fused-ring (bicyclic) bond motifs is 3. The van der Waals surface area contributed by atoms with E-state index in [0.717, 1.165) is 0 Å². The molecular weight excluding hydrogens is 542 g/mol. The van der Waals surface area contributed by atoms with Gasteiger partial charge in [-0.2, -0.15) is 0 Å². The molecule has 0 spiro atoms. The number of nitrogens with zero attached hydrogens (tertiary/aromatic N) is 2. The number of likely N-dealkylation sites (N-methyl/N-ethyl adjacent to an activating group) is 1. The molecule has 0 saturated carbocycles. The second-order valence-corrected chi connectivity index (χ2v) is 12.0.